The molecule has 1 aromatic carbocycles. The number of hydrogen-bond acceptors (Lipinski definition) is 2. The molecule has 0 aromatic heterocycles. The maximum atomic E-state index is 14.0. The summed E-state index contributed by atoms with van der Waals surface area (Å²) < 4.78 is 46.9. The monoisotopic (exact) mass is 289 g/mol. The lowest BCUT2D eigenvalue weighted by atomic mass is 10.00. The Morgan fingerprint density at radius 1 is 1.42 bits per heavy atom. The zero-order valence-corrected chi connectivity index (χ0v) is 11.9. The summed E-state index contributed by atoms with van der Waals surface area (Å²) in [5.74, 6) is -0.488. The zero-order chi connectivity index (χ0) is 14.2. The van der Waals surface area contributed by atoms with E-state index in [0.29, 0.717) is 5.56 Å². The highest BCUT2D eigenvalue weighted by atomic mass is 32.2. The lowest BCUT2D eigenvalue weighted by molar-refractivity contribution is 0.136. The van der Waals surface area contributed by atoms with E-state index in [1.54, 1.807) is 26.8 Å². The van der Waals surface area contributed by atoms with Gasteiger partial charge in [0.25, 0.3) is 0 Å². The molecule has 1 aromatic rings. The molecular weight excluding hydrogens is 272 g/mol. The van der Waals surface area contributed by atoms with Gasteiger partial charge in [-0.25, -0.2) is 17.7 Å². The summed E-state index contributed by atoms with van der Waals surface area (Å²) in [5.41, 5.74) is 0.372. The highest BCUT2D eigenvalue weighted by molar-refractivity contribution is 7.84. The lowest BCUT2D eigenvalue weighted by Gasteiger charge is -2.31. The van der Waals surface area contributed by atoms with Crippen LogP contribution in [0, 0.1) is 5.82 Å². The normalized spacial score (nSPS) is 24.5. The summed E-state index contributed by atoms with van der Waals surface area (Å²) in [6, 6.07) is 3.51. The van der Waals surface area contributed by atoms with E-state index < -0.39 is 33.8 Å². The van der Waals surface area contributed by atoms with Gasteiger partial charge >= 0.3 is 0 Å². The van der Waals surface area contributed by atoms with Crippen LogP contribution in [0.1, 0.15) is 32.4 Å². The van der Waals surface area contributed by atoms with Crippen LogP contribution in [0.3, 0.4) is 0 Å². The minimum Gasteiger partial charge on any atom is -0.487 e. The van der Waals surface area contributed by atoms with Crippen LogP contribution < -0.4 is 9.46 Å². The molecule has 19 heavy (non-hydrogen) atoms. The molecule has 106 valence electrons. The number of alkyl halides is 1. The van der Waals surface area contributed by atoms with Gasteiger partial charge in [0.2, 0.25) is 0 Å². The van der Waals surface area contributed by atoms with Gasteiger partial charge in [-0.2, -0.15) is 0 Å². The van der Waals surface area contributed by atoms with E-state index in [0.717, 1.165) is 0 Å². The number of halogens is 2. The molecule has 0 radical (unpaired) electrons. The van der Waals surface area contributed by atoms with Crippen LogP contribution in [0.25, 0.3) is 0 Å². The van der Waals surface area contributed by atoms with Crippen molar-refractivity contribution in [2.24, 2.45) is 0 Å². The highest BCUT2D eigenvalue weighted by Crippen LogP contribution is 2.36. The molecule has 0 spiro atoms. The maximum absolute atomic E-state index is 14.0. The quantitative estimate of drug-likeness (QED) is 0.909. The summed E-state index contributed by atoms with van der Waals surface area (Å²) in [6.45, 7) is 5.12. The Labute approximate surface area is 113 Å². The third-order valence-electron chi connectivity index (χ3n) is 2.87. The molecule has 0 saturated heterocycles. The first-order chi connectivity index (χ1) is 8.80. The molecule has 3 atom stereocenters. The highest BCUT2D eigenvalue weighted by Gasteiger charge is 2.35. The second-order valence-electron chi connectivity index (χ2n) is 5.46. The maximum Gasteiger partial charge on any atom is 0.165 e. The standard InChI is InChI=1S/C13H17F2NO2S/c1-13(2,3)19(17)16-11-8-5-4-6-9(14)12(8)18-7-10(11)15/h4-6,10-11,16H,7H2,1-3H3. The number of rotatable bonds is 2. The summed E-state index contributed by atoms with van der Waals surface area (Å²) >= 11 is 0. The van der Waals surface area contributed by atoms with Crippen molar-refractivity contribution in [2.75, 3.05) is 6.61 Å². The van der Waals surface area contributed by atoms with Crippen LogP contribution >= 0.6 is 0 Å². The average molecular weight is 289 g/mol. The van der Waals surface area contributed by atoms with Crippen molar-refractivity contribution in [3.05, 3.63) is 29.6 Å². The van der Waals surface area contributed by atoms with Crippen molar-refractivity contribution in [1.82, 2.24) is 4.72 Å². The summed E-state index contributed by atoms with van der Waals surface area (Å²) in [5, 5.41) is 0. The minimum absolute atomic E-state index is 0.0415. The van der Waals surface area contributed by atoms with E-state index in [1.165, 1.54) is 12.1 Å². The first-order valence-electron chi connectivity index (χ1n) is 6.04. The van der Waals surface area contributed by atoms with Crippen molar-refractivity contribution in [2.45, 2.75) is 37.7 Å². The minimum atomic E-state index is -1.44. The molecule has 0 saturated carbocycles. The largest absolute Gasteiger partial charge is 0.487 e. The Hall–Kier alpha value is -1.01. The van der Waals surface area contributed by atoms with Gasteiger partial charge in [-0.1, -0.05) is 12.1 Å². The molecular formula is C13H17F2NO2S. The van der Waals surface area contributed by atoms with Gasteiger partial charge in [-0.3, -0.25) is 0 Å². The van der Waals surface area contributed by atoms with E-state index in [-0.39, 0.29) is 12.4 Å². The predicted molar refractivity (Wildman–Crippen MR) is 70.6 cm³/mol. The van der Waals surface area contributed by atoms with Crippen LogP contribution in [0.4, 0.5) is 8.78 Å². The Kier molecular flexibility index (Phi) is 3.92. The fourth-order valence-corrected chi connectivity index (χ4v) is 2.66. The Bertz CT molecular complexity index is 502. The number of ether oxygens (including phenoxy) is 1. The van der Waals surface area contributed by atoms with Gasteiger partial charge in [-0.05, 0) is 26.8 Å². The van der Waals surface area contributed by atoms with E-state index in [4.69, 9.17) is 4.74 Å². The third kappa shape index (κ3) is 2.95. The second-order valence-corrected chi connectivity index (χ2v) is 7.46. The van der Waals surface area contributed by atoms with Crippen molar-refractivity contribution in [3.8, 4) is 5.75 Å². The topological polar surface area (TPSA) is 38.3 Å². The molecule has 3 unspecified atom stereocenters. The molecule has 0 fully saturated rings. The second kappa shape index (κ2) is 5.17. The molecule has 6 heteroatoms. The van der Waals surface area contributed by atoms with Crippen LogP contribution in [-0.4, -0.2) is 21.7 Å². The number of hydrogen-bond donors (Lipinski definition) is 1. The number of benzene rings is 1. The lowest BCUT2D eigenvalue weighted by Crippen LogP contribution is -2.42. The summed E-state index contributed by atoms with van der Waals surface area (Å²) in [4.78, 5) is 0. The van der Waals surface area contributed by atoms with E-state index >= 15 is 0 Å². The van der Waals surface area contributed by atoms with Gasteiger partial charge < -0.3 is 4.74 Å². The van der Waals surface area contributed by atoms with Crippen molar-refractivity contribution < 1.29 is 17.7 Å². The Balaban J connectivity index is 2.31. The molecule has 2 rings (SSSR count). The first-order valence-corrected chi connectivity index (χ1v) is 7.19. The smallest absolute Gasteiger partial charge is 0.165 e. The van der Waals surface area contributed by atoms with Gasteiger partial charge in [-0.15, -0.1) is 0 Å². The molecule has 0 amide bonds. The van der Waals surface area contributed by atoms with Gasteiger partial charge in [0, 0.05) is 5.56 Å². The third-order valence-corrected chi connectivity index (χ3v) is 4.45. The Morgan fingerprint density at radius 2 is 2.11 bits per heavy atom. The van der Waals surface area contributed by atoms with Crippen molar-refractivity contribution >= 4 is 11.0 Å². The molecule has 0 aliphatic carbocycles. The van der Waals surface area contributed by atoms with Crippen LogP contribution in [0.5, 0.6) is 5.75 Å². The van der Waals surface area contributed by atoms with Crippen molar-refractivity contribution in [3.63, 3.8) is 0 Å². The molecule has 1 N–H and O–H groups in total. The predicted octanol–water partition coefficient (Wildman–Crippen LogP) is 2.65. The van der Waals surface area contributed by atoms with Gasteiger partial charge in [0.15, 0.2) is 17.7 Å². The average Bonchev–Trinajstić information content (AvgIpc) is 2.31. The van der Waals surface area contributed by atoms with Crippen LogP contribution in [0.15, 0.2) is 18.2 Å². The summed E-state index contributed by atoms with van der Waals surface area (Å²) in [6.07, 6.45) is -1.36. The first kappa shape index (κ1) is 14.4. The SMILES string of the molecule is CC(C)(C)S(=O)NC1c2cccc(F)c2OCC1F. The van der Waals surface area contributed by atoms with Gasteiger partial charge in [0.1, 0.15) is 6.61 Å². The van der Waals surface area contributed by atoms with Gasteiger partial charge in [0.05, 0.1) is 21.8 Å². The number of nitrogens with one attached hydrogen (secondary N) is 1. The molecule has 3 nitrogen and oxygen atoms in total. The molecule has 1 heterocycles. The van der Waals surface area contributed by atoms with Crippen molar-refractivity contribution in [1.29, 1.82) is 0 Å². The number of para-hydroxylation sites is 1. The molecule has 1 aliphatic heterocycles. The van der Waals surface area contributed by atoms with Crippen LogP contribution in [0.2, 0.25) is 0 Å². The van der Waals surface area contributed by atoms with E-state index in [1.807, 2.05) is 0 Å². The fourth-order valence-electron chi connectivity index (χ4n) is 1.81. The van der Waals surface area contributed by atoms with E-state index in [9.17, 15) is 13.0 Å². The Morgan fingerprint density at radius 3 is 2.74 bits per heavy atom. The fraction of sp³-hybridized carbons (Fsp3) is 0.538. The molecule has 0 bridgehead atoms. The zero-order valence-electron chi connectivity index (χ0n) is 11.1. The summed E-state index contributed by atoms with van der Waals surface area (Å²) in [7, 11) is -1.44. The van der Waals surface area contributed by atoms with E-state index in [2.05, 4.69) is 4.72 Å². The number of fused-ring (bicyclic) bond motifs is 1. The molecule has 1 aliphatic rings. The van der Waals surface area contributed by atoms with Crippen LogP contribution in [-0.2, 0) is 11.0 Å².